The molecule has 0 radical (unpaired) electrons. The molecule has 96 valence electrons. The smallest absolute Gasteiger partial charge is 0.155 e. The Labute approximate surface area is 120 Å². The summed E-state index contributed by atoms with van der Waals surface area (Å²) in [6.07, 6.45) is 7.30. The number of aromatic nitrogens is 3. The van der Waals surface area contributed by atoms with Crippen molar-refractivity contribution in [2.75, 3.05) is 0 Å². The minimum Gasteiger partial charge on any atom is -0.298 e. The lowest BCUT2D eigenvalue weighted by molar-refractivity contribution is 0.374. The fourth-order valence-corrected chi connectivity index (χ4v) is 3.84. The van der Waals surface area contributed by atoms with Crippen LogP contribution >= 0.6 is 27.5 Å². The molecule has 1 saturated carbocycles. The van der Waals surface area contributed by atoms with Gasteiger partial charge in [-0.2, -0.15) is 0 Å². The Kier molecular flexibility index (Phi) is 2.90. The van der Waals surface area contributed by atoms with Gasteiger partial charge < -0.3 is 0 Å². The van der Waals surface area contributed by atoms with Crippen LogP contribution in [0.5, 0.6) is 0 Å². The molecule has 2 heterocycles. The van der Waals surface area contributed by atoms with Crippen molar-refractivity contribution in [3.63, 3.8) is 0 Å². The molecule has 18 heavy (non-hydrogen) atoms. The van der Waals surface area contributed by atoms with E-state index in [9.17, 15) is 0 Å². The van der Waals surface area contributed by atoms with E-state index < -0.39 is 0 Å². The maximum absolute atomic E-state index is 6.14. The van der Waals surface area contributed by atoms with Gasteiger partial charge in [-0.15, -0.1) is 0 Å². The molecule has 3 rings (SSSR count). The van der Waals surface area contributed by atoms with Crippen LogP contribution in [0.2, 0.25) is 5.15 Å². The fraction of sp³-hybridized carbons (Fsp3) is 0.538. The normalized spacial score (nSPS) is 22.8. The third-order valence-corrected chi connectivity index (χ3v) is 4.66. The van der Waals surface area contributed by atoms with Gasteiger partial charge >= 0.3 is 0 Å². The maximum atomic E-state index is 6.14. The summed E-state index contributed by atoms with van der Waals surface area (Å²) in [6.45, 7) is 4.65. The van der Waals surface area contributed by atoms with Gasteiger partial charge in [-0.25, -0.2) is 9.97 Å². The molecule has 0 amide bonds. The molecule has 2 aromatic heterocycles. The van der Waals surface area contributed by atoms with E-state index in [0.29, 0.717) is 16.5 Å². The van der Waals surface area contributed by atoms with Gasteiger partial charge in [0.05, 0.1) is 0 Å². The molecular formula is C13H15BrClN3. The predicted octanol–water partition coefficient (Wildman–Crippen LogP) is 4.44. The van der Waals surface area contributed by atoms with E-state index in [4.69, 9.17) is 11.6 Å². The highest BCUT2D eigenvalue weighted by molar-refractivity contribution is 9.10. The summed E-state index contributed by atoms with van der Waals surface area (Å²) < 4.78 is 2.87. The standard InChI is InChI=1S/C13H15BrClN3/c1-13(2)4-3-8(7-13)12-17-10(14)9-11(15)16-5-6-18(9)12/h5-6,8H,3-4,7H2,1-2H3. The number of rotatable bonds is 1. The molecule has 0 bridgehead atoms. The molecule has 3 nitrogen and oxygen atoms in total. The van der Waals surface area contributed by atoms with Gasteiger partial charge in [0.1, 0.15) is 15.9 Å². The van der Waals surface area contributed by atoms with Crippen LogP contribution in [0.15, 0.2) is 17.0 Å². The average molecular weight is 329 g/mol. The first kappa shape index (κ1) is 12.4. The van der Waals surface area contributed by atoms with E-state index in [1.165, 1.54) is 19.3 Å². The summed E-state index contributed by atoms with van der Waals surface area (Å²) in [5.74, 6) is 1.61. The first-order valence-electron chi connectivity index (χ1n) is 6.16. The van der Waals surface area contributed by atoms with Crippen LogP contribution in [0.1, 0.15) is 44.9 Å². The SMILES string of the molecule is CC1(C)CCC(c2nc(Br)c3c(Cl)nccn23)C1. The van der Waals surface area contributed by atoms with Crippen molar-refractivity contribution in [3.8, 4) is 0 Å². The summed E-state index contributed by atoms with van der Waals surface area (Å²) in [5.41, 5.74) is 1.29. The van der Waals surface area contributed by atoms with Crippen molar-refractivity contribution in [3.05, 3.63) is 28.0 Å². The van der Waals surface area contributed by atoms with Gasteiger partial charge in [-0.1, -0.05) is 25.4 Å². The predicted molar refractivity (Wildman–Crippen MR) is 76.1 cm³/mol. The van der Waals surface area contributed by atoms with E-state index in [1.807, 2.05) is 6.20 Å². The van der Waals surface area contributed by atoms with Crippen molar-refractivity contribution in [1.82, 2.24) is 14.4 Å². The Hall–Kier alpha value is -0.610. The Morgan fingerprint density at radius 2 is 2.28 bits per heavy atom. The van der Waals surface area contributed by atoms with Crippen molar-refractivity contribution >= 4 is 33.0 Å². The van der Waals surface area contributed by atoms with Crippen LogP contribution in [0, 0.1) is 5.41 Å². The zero-order valence-corrected chi connectivity index (χ0v) is 12.8. The molecule has 0 saturated heterocycles. The first-order valence-corrected chi connectivity index (χ1v) is 7.33. The Morgan fingerprint density at radius 3 is 2.94 bits per heavy atom. The fourth-order valence-electron chi connectivity index (χ4n) is 2.93. The Morgan fingerprint density at radius 1 is 1.50 bits per heavy atom. The second-order valence-corrected chi connectivity index (χ2v) is 6.91. The molecular weight excluding hydrogens is 314 g/mol. The Bertz CT molecular complexity index is 606. The van der Waals surface area contributed by atoms with Crippen molar-refractivity contribution < 1.29 is 0 Å². The molecule has 2 aromatic rings. The topological polar surface area (TPSA) is 30.2 Å². The van der Waals surface area contributed by atoms with Gasteiger partial charge in [0.25, 0.3) is 0 Å². The maximum Gasteiger partial charge on any atom is 0.155 e. The lowest BCUT2D eigenvalue weighted by Crippen LogP contribution is -2.06. The molecule has 1 atom stereocenters. The molecule has 0 aromatic carbocycles. The third-order valence-electron chi connectivity index (χ3n) is 3.83. The highest BCUT2D eigenvalue weighted by atomic mass is 79.9. The third kappa shape index (κ3) is 1.95. The van der Waals surface area contributed by atoms with E-state index in [2.05, 4.69) is 44.1 Å². The number of fused-ring (bicyclic) bond motifs is 1. The second-order valence-electron chi connectivity index (χ2n) is 5.80. The number of imidazole rings is 1. The average Bonchev–Trinajstić information content (AvgIpc) is 2.81. The van der Waals surface area contributed by atoms with Gasteiger partial charge in [0.15, 0.2) is 5.15 Å². The lowest BCUT2D eigenvalue weighted by Gasteiger charge is -2.16. The minimum absolute atomic E-state index is 0.416. The number of halogens is 2. The highest BCUT2D eigenvalue weighted by Gasteiger charge is 2.34. The van der Waals surface area contributed by atoms with Gasteiger partial charge in [0.2, 0.25) is 0 Å². The number of nitrogens with zero attached hydrogens (tertiary/aromatic N) is 3. The summed E-state index contributed by atoms with van der Waals surface area (Å²) in [4.78, 5) is 8.76. The van der Waals surface area contributed by atoms with Crippen LogP contribution in [0.4, 0.5) is 0 Å². The molecule has 1 fully saturated rings. The van der Waals surface area contributed by atoms with Crippen LogP contribution < -0.4 is 0 Å². The Balaban J connectivity index is 2.11. The molecule has 5 heteroatoms. The molecule has 0 N–H and O–H groups in total. The summed E-state index contributed by atoms with van der Waals surface area (Å²) in [5, 5.41) is 0.500. The van der Waals surface area contributed by atoms with Gasteiger partial charge in [-0.05, 0) is 40.6 Å². The quantitative estimate of drug-likeness (QED) is 0.774. The van der Waals surface area contributed by atoms with Crippen LogP contribution in [-0.2, 0) is 0 Å². The van der Waals surface area contributed by atoms with E-state index in [1.54, 1.807) is 6.20 Å². The van der Waals surface area contributed by atoms with E-state index >= 15 is 0 Å². The monoisotopic (exact) mass is 327 g/mol. The molecule has 0 aliphatic heterocycles. The van der Waals surface area contributed by atoms with Crippen molar-refractivity contribution in [2.24, 2.45) is 5.41 Å². The van der Waals surface area contributed by atoms with E-state index in [0.717, 1.165) is 15.9 Å². The summed E-state index contributed by atoms with van der Waals surface area (Å²) >= 11 is 9.62. The van der Waals surface area contributed by atoms with Crippen molar-refractivity contribution in [1.29, 1.82) is 0 Å². The lowest BCUT2D eigenvalue weighted by atomic mass is 9.90. The number of hydrogen-bond acceptors (Lipinski definition) is 2. The first-order chi connectivity index (χ1) is 8.48. The summed E-state index contributed by atoms with van der Waals surface area (Å²) in [6, 6.07) is 0. The molecule has 1 aliphatic rings. The van der Waals surface area contributed by atoms with Crippen LogP contribution in [-0.4, -0.2) is 14.4 Å². The van der Waals surface area contributed by atoms with Crippen LogP contribution in [0.25, 0.3) is 5.52 Å². The molecule has 1 aliphatic carbocycles. The minimum atomic E-state index is 0.416. The van der Waals surface area contributed by atoms with Crippen LogP contribution in [0.3, 0.4) is 0 Å². The summed E-state index contributed by atoms with van der Waals surface area (Å²) in [7, 11) is 0. The second kappa shape index (κ2) is 4.20. The van der Waals surface area contributed by atoms with E-state index in [-0.39, 0.29) is 0 Å². The molecule has 1 unspecified atom stereocenters. The zero-order valence-electron chi connectivity index (χ0n) is 10.5. The zero-order chi connectivity index (χ0) is 12.9. The van der Waals surface area contributed by atoms with Gasteiger partial charge in [0, 0.05) is 18.3 Å². The highest BCUT2D eigenvalue weighted by Crippen LogP contribution is 2.46. The number of hydrogen-bond donors (Lipinski definition) is 0. The van der Waals surface area contributed by atoms with Crippen molar-refractivity contribution in [2.45, 2.75) is 39.0 Å². The largest absolute Gasteiger partial charge is 0.298 e. The molecule has 0 spiro atoms. The van der Waals surface area contributed by atoms with Gasteiger partial charge in [-0.3, -0.25) is 4.40 Å².